The van der Waals surface area contributed by atoms with Crippen molar-refractivity contribution >= 4 is 28.9 Å². The molecule has 2 aliphatic rings. The largest absolute Gasteiger partial charge is 0.335 e. The summed E-state index contributed by atoms with van der Waals surface area (Å²) in [7, 11) is 0. The van der Waals surface area contributed by atoms with Crippen LogP contribution in [0, 0.1) is 0 Å². The lowest BCUT2D eigenvalue weighted by Gasteiger charge is -2.21. The van der Waals surface area contributed by atoms with Crippen LogP contribution >= 0.6 is 0 Å². The van der Waals surface area contributed by atoms with Crippen molar-refractivity contribution in [3.63, 3.8) is 0 Å². The van der Waals surface area contributed by atoms with Gasteiger partial charge in [0.25, 0.3) is 5.91 Å². The zero-order valence-electron chi connectivity index (χ0n) is 12.8. The highest BCUT2D eigenvalue weighted by atomic mass is 16.2. The van der Waals surface area contributed by atoms with Crippen LogP contribution < -0.4 is 5.32 Å². The van der Waals surface area contributed by atoms with E-state index in [1.807, 2.05) is 18.2 Å². The predicted octanol–water partition coefficient (Wildman–Crippen LogP) is 0.396. The third-order valence-electron chi connectivity index (χ3n) is 4.36. The molecule has 2 saturated heterocycles. The fourth-order valence-corrected chi connectivity index (χ4v) is 3.16. The first kappa shape index (κ1) is 14.6. The van der Waals surface area contributed by atoms with Crippen LogP contribution in [0.5, 0.6) is 0 Å². The van der Waals surface area contributed by atoms with Gasteiger partial charge >= 0.3 is 6.03 Å². The van der Waals surface area contributed by atoms with Crippen LogP contribution in [-0.4, -0.2) is 63.3 Å². The van der Waals surface area contributed by atoms with Gasteiger partial charge in [0.15, 0.2) is 0 Å². The van der Waals surface area contributed by atoms with Gasteiger partial charge in [-0.25, -0.2) is 9.78 Å². The SMILES string of the molecule is O=C(c1cnc2ccccc2n1)N1CC[C@H](N2C(=O)CNC2=O)C1. The summed E-state index contributed by atoms with van der Waals surface area (Å²) >= 11 is 0. The van der Waals surface area contributed by atoms with Crippen LogP contribution in [0.4, 0.5) is 4.79 Å². The lowest BCUT2D eigenvalue weighted by molar-refractivity contribution is -0.126. The maximum atomic E-state index is 12.6. The second kappa shape index (κ2) is 5.55. The van der Waals surface area contributed by atoms with Crippen LogP contribution in [-0.2, 0) is 4.79 Å². The third-order valence-corrected chi connectivity index (χ3v) is 4.36. The van der Waals surface area contributed by atoms with E-state index in [0.29, 0.717) is 25.0 Å². The Balaban J connectivity index is 1.52. The van der Waals surface area contributed by atoms with Gasteiger partial charge in [0.1, 0.15) is 5.69 Å². The van der Waals surface area contributed by atoms with Crippen molar-refractivity contribution in [1.82, 2.24) is 25.1 Å². The minimum atomic E-state index is -0.384. The number of carbonyl (C=O) groups excluding carboxylic acids is 3. The molecule has 4 amide bonds. The number of benzene rings is 1. The summed E-state index contributed by atoms with van der Waals surface area (Å²) in [6, 6.07) is 6.68. The summed E-state index contributed by atoms with van der Waals surface area (Å²) in [4.78, 5) is 47.6. The van der Waals surface area contributed by atoms with E-state index in [0.717, 1.165) is 5.52 Å². The van der Waals surface area contributed by atoms with Crippen LogP contribution in [0.2, 0.25) is 0 Å². The normalized spacial score (nSPS) is 20.8. The molecule has 8 nitrogen and oxygen atoms in total. The van der Waals surface area contributed by atoms with E-state index >= 15 is 0 Å². The molecule has 1 atom stereocenters. The number of nitrogens with one attached hydrogen (secondary N) is 1. The van der Waals surface area contributed by atoms with Crippen molar-refractivity contribution in [2.75, 3.05) is 19.6 Å². The fourth-order valence-electron chi connectivity index (χ4n) is 3.16. The Morgan fingerprint density at radius 1 is 1.21 bits per heavy atom. The first-order valence-corrected chi connectivity index (χ1v) is 7.74. The van der Waals surface area contributed by atoms with Gasteiger partial charge in [-0.05, 0) is 18.6 Å². The van der Waals surface area contributed by atoms with Gasteiger partial charge in [-0.15, -0.1) is 0 Å². The Hall–Kier alpha value is -3.03. The number of likely N-dealkylation sites (tertiary alicyclic amines) is 1. The maximum absolute atomic E-state index is 12.6. The summed E-state index contributed by atoms with van der Waals surface area (Å²) in [6.07, 6.45) is 2.04. The second-order valence-electron chi connectivity index (χ2n) is 5.86. The van der Waals surface area contributed by atoms with Gasteiger partial charge in [0, 0.05) is 13.1 Å². The molecule has 8 heteroatoms. The molecule has 0 aliphatic carbocycles. The highest BCUT2D eigenvalue weighted by Crippen LogP contribution is 2.20. The van der Waals surface area contributed by atoms with Crippen molar-refractivity contribution in [2.45, 2.75) is 12.5 Å². The number of amides is 4. The number of aromatic nitrogens is 2. The lowest BCUT2D eigenvalue weighted by atomic mass is 10.2. The van der Waals surface area contributed by atoms with E-state index < -0.39 is 0 Å². The van der Waals surface area contributed by atoms with Crippen LogP contribution in [0.25, 0.3) is 11.0 Å². The summed E-state index contributed by atoms with van der Waals surface area (Å²) in [5.41, 5.74) is 1.66. The molecule has 2 aliphatic heterocycles. The van der Waals surface area contributed by atoms with Crippen LogP contribution in [0.1, 0.15) is 16.9 Å². The molecule has 3 heterocycles. The van der Waals surface area contributed by atoms with E-state index in [1.54, 1.807) is 11.0 Å². The van der Waals surface area contributed by atoms with Gasteiger partial charge in [-0.2, -0.15) is 0 Å². The topological polar surface area (TPSA) is 95.5 Å². The highest BCUT2D eigenvalue weighted by Gasteiger charge is 2.39. The lowest BCUT2D eigenvalue weighted by Crippen LogP contribution is -2.43. The van der Waals surface area contributed by atoms with Gasteiger partial charge in [-0.3, -0.25) is 19.5 Å². The molecule has 2 fully saturated rings. The molecule has 1 aromatic heterocycles. The van der Waals surface area contributed by atoms with E-state index in [4.69, 9.17) is 0 Å². The van der Waals surface area contributed by atoms with Gasteiger partial charge in [0.2, 0.25) is 5.91 Å². The molecule has 24 heavy (non-hydrogen) atoms. The molecular formula is C16H15N5O3. The second-order valence-corrected chi connectivity index (χ2v) is 5.86. The Bertz CT molecular complexity index is 836. The van der Waals surface area contributed by atoms with Gasteiger partial charge in [0.05, 0.1) is 29.8 Å². The maximum Gasteiger partial charge on any atom is 0.324 e. The molecule has 0 saturated carbocycles. The van der Waals surface area contributed by atoms with Crippen LogP contribution in [0.15, 0.2) is 30.5 Å². The molecule has 1 aromatic carbocycles. The monoisotopic (exact) mass is 325 g/mol. The first-order valence-electron chi connectivity index (χ1n) is 7.74. The smallest absolute Gasteiger partial charge is 0.324 e. The molecule has 0 spiro atoms. The van der Waals surface area contributed by atoms with Crippen molar-refractivity contribution in [3.05, 3.63) is 36.2 Å². The summed E-state index contributed by atoms with van der Waals surface area (Å²) < 4.78 is 0. The molecule has 122 valence electrons. The Kier molecular flexibility index (Phi) is 3.37. The molecule has 2 aromatic rings. The summed E-state index contributed by atoms with van der Waals surface area (Å²) in [5.74, 6) is -0.479. The number of carbonyl (C=O) groups is 3. The number of fused-ring (bicyclic) bond motifs is 1. The van der Waals surface area contributed by atoms with Crippen molar-refractivity contribution in [2.24, 2.45) is 0 Å². The standard InChI is InChI=1S/C16H15N5O3/c22-14-8-18-16(24)21(14)10-5-6-20(9-10)15(23)13-7-17-11-3-1-2-4-12(11)19-13/h1-4,7,10H,5-6,8-9H2,(H,18,24)/t10-/m0/s1. The first-order chi connectivity index (χ1) is 11.6. The predicted molar refractivity (Wildman–Crippen MR) is 84.1 cm³/mol. The van der Waals surface area contributed by atoms with E-state index in [-0.39, 0.29) is 36.1 Å². The zero-order chi connectivity index (χ0) is 16.7. The fraction of sp³-hybridized carbons (Fsp3) is 0.312. The number of para-hydroxylation sites is 2. The van der Waals surface area contributed by atoms with E-state index in [2.05, 4.69) is 15.3 Å². The molecule has 0 unspecified atom stereocenters. The minimum Gasteiger partial charge on any atom is -0.335 e. The number of rotatable bonds is 2. The number of hydrogen-bond donors (Lipinski definition) is 1. The average Bonchev–Trinajstić information content (AvgIpc) is 3.20. The Labute approximate surface area is 137 Å². The minimum absolute atomic E-state index is 0.0272. The molecular weight excluding hydrogens is 310 g/mol. The molecule has 1 N–H and O–H groups in total. The van der Waals surface area contributed by atoms with Crippen molar-refractivity contribution in [1.29, 1.82) is 0 Å². The third kappa shape index (κ3) is 2.36. The molecule has 4 rings (SSSR count). The molecule has 0 radical (unpaired) electrons. The summed E-state index contributed by atoms with van der Waals surface area (Å²) in [6.45, 7) is 0.834. The Morgan fingerprint density at radius 2 is 2.00 bits per heavy atom. The average molecular weight is 325 g/mol. The summed E-state index contributed by atoms with van der Waals surface area (Å²) in [5, 5.41) is 2.50. The highest BCUT2D eigenvalue weighted by molar-refractivity contribution is 6.02. The van der Waals surface area contributed by atoms with Gasteiger partial charge in [-0.1, -0.05) is 12.1 Å². The number of nitrogens with zero attached hydrogens (tertiary/aromatic N) is 4. The number of imide groups is 1. The van der Waals surface area contributed by atoms with Crippen LogP contribution in [0.3, 0.4) is 0 Å². The Morgan fingerprint density at radius 3 is 2.75 bits per heavy atom. The van der Waals surface area contributed by atoms with E-state index in [9.17, 15) is 14.4 Å². The van der Waals surface area contributed by atoms with Crippen molar-refractivity contribution in [3.8, 4) is 0 Å². The quantitative estimate of drug-likeness (QED) is 0.806. The van der Waals surface area contributed by atoms with E-state index in [1.165, 1.54) is 11.1 Å². The number of urea groups is 1. The molecule has 0 bridgehead atoms. The van der Waals surface area contributed by atoms with Gasteiger partial charge < -0.3 is 10.2 Å². The zero-order valence-corrected chi connectivity index (χ0v) is 12.8. The number of hydrogen-bond acceptors (Lipinski definition) is 5. The van der Waals surface area contributed by atoms with Crippen molar-refractivity contribution < 1.29 is 14.4 Å².